The van der Waals surface area contributed by atoms with Crippen LogP contribution in [0, 0.1) is 0 Å². The summed E-state index contributed by atoms with van der Waals surface area (Å²) in [6, 6.07) is 11.4. The second-order valence-corrected chi connectivity index (χ2v) is 6.01. The maximum atomic E-state index is 11.8. The van der Waals surface area contributed by atoms with Crippen molar-refractivity contribution in [3.05, 3.63) is 54.0 Å². The fourth-order valence-corrected chi connectivity index (χ4v) is 2.68. The first-order valence-electron chi connectivity index (χ1n) is 7.32. The molecule has 2 heterocycles. The van der Waals surface area contributed by atoms with Gasteiger partial charge in [0.05, 0.1) is 29.3 Å². The molecule has 2 aromatic heterocycles. The van der Waals surface area contributed by atoms with Gasteiger partial charge in [0.15, 0.2) is 5.16 Å². The maximum Gasteiger partial charge on any atom is 0.250 e. The average Bonchev–Trinajstić information content (AvgIpc) is 3.21. The lowest BCUT2D eigenvalue weighted by molar-refractivity contribution is -0.118. The summed E-state index contributed by atoms with van der Waals surface area (Å²) in [6.07, 6.45) is 5.01. The third kappa shape index (κ3) is 4.36. The van der Waals surface area contributed by atoms with E-state index in [1.807, 2.05) is 49.4 Å². The fourth-order valence-electron chi connectivity index (χ4n) is 2.01. The number of nitrogens with one attached hydrogen (secondary N) is 2. The number of furan rings is 1. The van der Waals surface area contributed by atoms with Gasteiger partial charge < -0.3 is 9.40 Å². The third-order valence-electron chi connectivity index (χ3n) is 3.08. The number of carbonyl (C=O) groups is 1. The van der Waals surface area contributed by atoms with Gasteiger partial charge in [-0.25, -0.2) is 10.4 Å². The zero-order valence-corrected chi connectivity index (χ0v) is 13.8. The monoisotopic (exact) mass is 340 g/mol. The van der Waals surface area contributed by atoms with Crippen LogP contribution in [-0.2, 0) is 4.79 Å². The van der Waals surface area contributed by atoms with Crippen molar-refractivity contribution < 1.29 is 9.21 Å². The van der Waals surface area contributed by atoms with Crippen LogP contribution in [0.15, 0.2) is 62.9 Å². The van der Waals surface area contributed by atoms with Gasteiger partial charge in [-0.15, -0.1) is 0 Å². The van der Waals surface area contributed by atoms with Crippen molar-refractivity contribution >= 4 is 41.0 Å². The van der Waals surface area contributed by atoms with Gasteiger partial charge in [0.1, 0.15) is 5.76 Å². The molecule has 0 radical (unpaired) electrons. The van der Waals surface area contributed by atoms with Crippen LogP contribution in [0.3, 0.4) is 0 Å². The summed E-state index contributed by atoms with van der Waals surface area (Å²) in [5.74, 6) is 0.784. The molecule has 122 valence electrons. The van der Waals surface area contributed by atoms with E-state index in [1.165, 1.54) is 11.8 Å². The van der Waals surface area contributed by atoms with Gasteiger partial charge in [-0.2, -0.15) is 5.10 Å². The van der Waals surface area contributed by atoms with Gasteiger partial charge in [0.25, 0.3) is 5.91 Å². The predicted octanol–water partition coefficient (Wildman–Crippen LogP) is 3.45. The predicted molar refractivity (Wildman–Crippen MR) is 95.8 cm³/mol. The number of imidazole rings is 1. The van der Waals surface area contributed by atoms with Crippen molar-refractivity contribution in [2.24, 2.45) is 5.10 Å². The fraction of sp³-hybridized carbons (Fsp3) is 0.118. The summed E-state index contributed by atoms with van der Waals surface area (Å²) in [5, 5.41) is 4.64. The molecule has 0 unspecified atom stereocenters. The summed E-state index contributed by atoms with van der Waals surface area (Å²) in [6.45, 7) is 1.88. The lowest BCUT2D eigenvalue weighted by Gasteiger charge is -1.97. The Morgan fingerprint density at radius 2 is 2.25 bits per heavy atom. The van der Waals surface area contributed by atoms with Gasteiger partial charge in [-0.3, -0.25) is 4.79 Å². The Morgan fingerprint density at radius 1 is 1.38 bits per heavy atom. The van der Waals surface area contributed by atoms with Crippen LogP contribution >= 0.6 is 11.8 Å². The summed E-state index contributed by atoms with van der Waals surface area (Å²) in [7, 11) is 0. The van der Waals surface area contributed by atoms with Crippen molar-refractivity contribution in [2.75, 3.05) is 5.75 Å². The highest BCUT2D eigenvalue weighted by Crippen LogP contribution is 2.18. The third-order valence-corrected chi connectivity index (χ3v) is 3.95. The first kappa shape index (κ1) is 16.1. The molecule has 24 heavy (non-hydrogen) atoms. The molecule has 2 N–H and O–H groups in total. The number of aromatic amines is 1. The smallest absolute Gasteiger partial charge is 0.250 e. The largest absolute Gasteiger partial charge is 0.465 e. The number of thioether (sulfide) groups is 1. The van der Waals surface area contributed by atoms with E-state index < -0.39 is 0 Å². The molecule has 3 aromatic rings. The van der Waals surface area contributed by atoms with Gasteiger partial charge in [-0.1, -0.05) is 23.9 Å². The second-order valence-electron chi connectivity index (χ2n) is 5.04. The van der Waals surface area contributed by atoms with Crippen LogP contribution in [-0.4, -0.2) is 27.8 Å². The molecule has 0 aliphatic carbocycles. The van der Waals surface area contributed by atoms with Crippen molar-refractivity contribution in [1.29, 1.82) is 0 Å². The van der Waals surface area contributed by atoms with Gasteiger partial charge >= 0.3 is 0 Å². The molecule has 1 aromatic carbocycles. The van der Waals surface area contributed by atoms with E-state index in [0.717, 1.165) is 22.4 Å². The molecule has 0 saturated heterocycles. The number of nitrogens with zero attached hydrogens (tertiary/aromatic N) is 2. The standard InChI is InChI=1S/C17H16N4O2S/c1-12(9-13-5-4-8-23-13)10-18-21-16(22)11-24-17-19-14-6-2-3-7-15(14)20-17/h2-10H,11H2,1H3,(H,19,20)(H,21,22). The van der Waals surface area contributed by atoms with Crippen molar-refractivity contribution in [3.63, 3.8) is 0 Å². The van der Waals surface area contributed by atoms with Crippen molar-refractivity contribution in [2.45, 2.75) is 12.1 Å². The summed E-state index contributed by atoms with van der Waals surface area (Å²) >= 11 is 1.33. The number of carbonyl (C=O) groups excluding carboxylic acids is 1. The van der Waals surface area contributed by atoms with E-state index in [9.17, 15) is 4.79 Å². The molecular weight excluding hydrogens is 324 g/mol. The first-order chi connectivity index (χ1) is 11.7. The van der Waals surface area contributed by atoms with Crippen molar-refractivity contribution in [3.8, 4) is 0 Å². The summed E-state index contributed by atoms with van der Waals surface area (Å²) in [4.78, 5) is 19.4. The summed E-state index contributed by atoms with van der Waals surface area (Å²) < 4.78 is 5.20. The van der Waals surface area contributed by atoms with Gasteiger partial charge in [-0.05, 0) is 42.8 Å². The SMILES string of the molecule is CC(C=NNC(=O)CSc1nc2ccccc2[nH]1)=Cc1ccco1. The number of benzene rings is 1. The number of fused-ring (bicyclic) bond motifs is 1. The zero-order chi connectivity index (χ0) is 16.8. The Bertz CT molecular complexity index is 848. The molecule has 1 amide bonds. The molecule has 0 bridgehead atoms. The van der Waals surface area contributed by atoms with Crippen molar-refractivity contribution in [1.82, 2.24) is 15.4 Å². The second kappa shape index (κ2) is 7.65. The highest BCUT2D eigenvalue weighted by molar-refractivity contribution is 7.99. The number of hydrazone groups is 1. The zero-order valence-electron chi connectivity index (χ0n) is 13.0. The minimum Gasteiger partial charge on any atom is -0.465 e. The number of amides is 1. The minimum absolute atomic E-state index is 0.192. The average molecular weight is 340 g/mol. The Hall–Kier alpha value is -2.80. The molecule has 0 fully saturated rings. The Morgan fingerprint density at radius 3 is 3.04 bits per heavy atom. The molecule has 0 aliphatic heterocycles. The normalized spacial score (nSPS) is 12.1. The van der Waals surface area contributed by atoms with Crippen LogP contribution in [0.4, 0.5) is 0 Å². The topological polar surface area (TPSA) is 83.3 Å². The minimum atomic E-state index is -0.192. The number of aromatic nitrogens is 2. The Labute approximate surface area is 143 Å². The first-order valence-corrected chi connectivity index (χ1v) is 8.30. The molecule has 3 rings (SSSR count). The quantitative estimate of drug-likeness (QED) is 0.409. The van der Waals surface area contributed by atoms with Crippen LogP contribution in [0.2, 0.25) is 0 Å². The van der Waals surface area contributed by atoms with Crippen LogP contribution < -0.4 is 5.43 Å². The molecule has 7 heteroatoms. The van der Waals surface area contributed by atoms with E-state index in [2.05, 4.69) is 20.5 Å². The number of allylic oxidation sites excluding steroid dienone is 1. The molecule has 0 atom stereocenters. The number of H-pyrrole nitrogens is 1. The van der Waals surface area contributed by atoms with E-state index in [-0.39, 0.29) is 11.7 Å². The number of para-hydroxylation sites is 2. The van der Waals surface area contributed by atoms with E-state index >= 15 is 0 Å². The lowest BCUT2D eigenvalue weighted by Crippen LogP contribution is -2.19. The highest BCUT2D eigenvalue weighted by Gasteiger charge is 2.06. The molecular formula is C17H16N4O2S. The van der Waals surface area contributed by atoms with E-state index in [4.69, 9.17) is 4.42 Å². The molecule has 6 nitrogen and oxygen atoms in total. The van der Waals surface area contributed by atoms with Crippen LogP contribution in [0.1, 0.15) is 12.7 Å². The summed E-state index contributed by atoms with van der Waals surface area (Å²) in [5.41, 5.74) is 5.21. The van der Waals surface area contributed by atoms with Gasteiger partial charge in [0, 0.05) is 0 Å². The van der Waals surface area contributed by atoms with E-state index in [1.54, 1.807) is 12.5 Å². The Kier molecular flexibility index (Phi) is 5.12. The van der Waals surface area contributed by atoms with Gasteiger partial charge in [0.2, 0.25) is 0 Å². The molecule has 0 aliphatic rings. The van der Waals surface area contributed by atoms with Crippen LogP contribution in [0.5, 0.6) is 0 Å². The maximum absolute atomic E-state index is 11.8. The molecule has 0 saturated carbocycles. The highest BCUT2D eigenvalue weighted by atomic mass is 32.2. The molecule has 0 spiro atoms. The lowest BCUT2D eigenvalue weighted by atomic mass is 10.3. The van der Waals surface area contributed by atoms with E-state index in [0.29, 0.717) is 5.16 Å². The van der Waals surface area contributed by atoms with Crippen LogP contribution in [0.25, 0.3) is 17.1 Å². The number of hydrogen-bond donors (Lipinski definition) is 2. The Balaban J connectivity index is 1.48. The number of rotatable bonds is 6. The number of hydrogen-bond acceptors (Lipinski definition) is 5.